The van der Waals surface area contributed by atoms with Crippen molar-refractivity contribution in [2.45, 2.75) is 39.7 Å². The third-order valence-corrected chi connectivity index (χ3v) is 7.35. The average molecular weight is 548 g/mol. The van der Waals surface area contributed by atoms with Crippen molar-refractivity contribution in [3.63, 3.8) is 0 Å². The van der Waals surface area contributed by atoms with Crippen LogP contribution in [0.4, 0.5) is 5.69 Å². The summed E-state index contributed by atoms with van der Waals surface area (Å²) in [4.78, 5) is 28.8. The van der Waals surface area contributed by atoms with E-state index < -0.39 is 17.7 Å². The van der Waals surface area contributed by atoms with E-state index in [1.807, 2.05) is 94.4 Å². The van der Waals surface area contributed by atoms with Gasteiger partial charge in [-0.25, -0.2) is 0 Å². The van der Waals surface area contributed by atoms with Crippen molar-refractivity contribution >= 4 is 23.1 Å². The largest absolute Gasteiger partial charge is 0.507 e. The van der Waals surface area contributed by atoms with E-state index in [2.05, 4.69) is 0 Å². The maximum atomic E-state index is 13.7. The number of rotatable bonds is 7. The highest BCUT2D eigenvalue weighted by Crippen LogP contribution is 2.44. The number of para-hydroxylation sites is 1. The summed E-state index contributed by atoms with van der Waals surface area (Å²) in [5.74, 6) is 0.467. The number of hydrogen-bond donors (Lipinski definition) is 1. The Kier molecular flexibility index (Phi) is 7.66. The monoisotopic (exact) mass is 547 g/mol. The minimum Gasteiger partial charge on any atom is -0.507 e. The van der Waals surface area contributed by atoms with Crippen LogP contribution in [-0.4, -0.2) is 23.9 Å². The SMILES string of the molecule is COc1cc(C)c(/C(O)=C2\C(=O)C(=O)N(c3ccc(Oc4ccccc4)cc3)C2c2cccc(C)c2)cc1C(C)C. The lowest BCUT2D eigenvalue weighted by Gasteiger charge is -2.26. The number of hydrogen-bond acceptors (Lipinski definition) is 5. The molecule has 6 nitrogen and oxygen atoms in total. The molecule has 0 bridgehead atoms. The van der Waals surface area contributed by atoms with Crippen LogP contribution in [0, 0.1) is 13.8 Å². The van der Waals surface area contributed by atoms with Crippen LogP contribution in [0.5, 0.6) is 17.2 Å². The average Bonchev–Trinajstić information content (AvgIpc) is 3.23. The van der Waals surface area contributed by atoms with Gasteiger partial charge in [0, 0.05) is 11.3 Å². The lowest BCUT2D eigenvalue weighted by Crippen LogP contribution is -2.29. The highest BCUT2D eigenvalue weighted by atomic mass is 16.5. The fraction of sp³-hybridized carbons (Fsp3) is 0.200. The summed E-state index contributed by atoms with van der Waals surface area (Å²) in [6.07, 6.45) is 0. The molecule has 208 valence electrons. The van der Waals surface area contributed by atoms with Crippen molar-refractivity contribution in [2.75, 3.05) is 12.0 Å². The third kappa shape index (κ3) is 5.33. The molecule has 1 fully saturated rings. The molecule has 1 saturated heterocycles. The number of carbonyl (C=O) groups excluding carboxylic acids is 2. The van der Waals surface area contributed by atoms with Crippen molar-refractivity contribution in [2.24, 2.45) is 0 Å². The van der Waals surface area contributed by atoms with Gasteiger partial charge in [0.2, 0.25) is 0 Å². The minimum absolute atomic E-state index is 0.0492. The molecule has 5 rings (SSSR count). The molecule has 1 aliphatic heterocycles. The number of aliphatic hydroxyl groups excluding tert-OH is 1. The number of aryl methyl sites for hydroxylation is 2. The van der Waals surface area contributed by atoms with Crippen LogP contribution in [0.25, 0.3) is 5.76 Å². The Balaban J connectivity index is 1.64. The number of ketones is 1. The molecule has 0 aromatic heterocycles. The molecule has 6 heteroatoms. The number of amides is 1. The van der Waals surface area contributed by atoms with E-state index >= 15 is 0 Å². The molecule has 1 heterocycles. The Morgan fingerprint density at radius 2 is 1.54 bits per heavy atom. The number of aliphatic hydroxyl groups is 1. The first-order valence-electron chi connectivity index (χ1n) is 13.6. The molecule has 4 aromatic carbocycles. The molecule has 1 aliphatic rings. The summed E-state index contributed by atoms with van der Waals surface area (Å²) in [6, 6.07) is 27.0. The molecule has 1 atom stereocenters. The number of nitrogens with zero attached hydrogens (tertiary/aromatic N) is 1. The molecule has 0 radical (unpaired) electrons. The Morgan fingerprint density at radius 1 is 0.854 bits per heavy atom. The Morgan fingerprint density at radius 3 is 2.17 bits per heavy atom. The summed E-state index contributed by atoms with van der Waals surface area (Å²) >= 11 is 0. The second kappa shape index (κ2) is 11.3. The van der Waals surface area contributed by atoms with Gasteiger partial charge in [0.15, 0.2) is 0 Å². The molecule has 41 heavy (non-hydrogen) atoms. The fourth-order valence-corrected chi connectivity index (χ4v) is 5.28. The molecular weight excluding hydrogens is 514 g/mol. The van der Waals surface area contributed by atoms with E-state index in [4.69, 9.17) is 9.47 Å². The van der Waals surface area contributed by atoms with E-state index in [-0.39, 0.29) is 17.3 Å². The highest BCUT2D eigenvalue weighted by Gasteiger charge is 2.47. The van der Waals surface area contributed by atoms with Crippen molar-refractivity contribution in [1.82, 2.24) is 0 Å². The fourth-order valence-electron chi connectivity index (χ4n) is 5.28. The van der Waals surface area contributed by atoms with Crippen molar-refractivity contribution in [3.05, 3.63) is 124 Å². The Hall–Kier alpha value is -4.84. The van der Waals surface area contributed by atoms with E-state index in [1.165, 1.54) is 4.90 Å². The van der Waals surface area contributed by atoms with Crippen LogP contribution in [0.1, 0.15) is 53.6 Å². The van der Waals surface area contributed by atoms with Gasteiger partial charge in [0.05, 0.1) is 18.7 Å². The van der Waals surface area contributed by atoms with Gasteiger partial charge in [-0.15, -0.1) is 0 Å². The zero-order valence-corrected chi connectivity index (χ0v) is 23.8. The lowest BCUT2D eigenvalue weighted by molar-refractivity contribution is -0.132. The standard InChI is InChI=1S/C35H33NO5/c1-21(2)28-20-29(23(4)19-30(28)40-5)33(37)31-32(24-11-9-10-22(3)18-24)36(35(39)34(31)38)25-14-16-27(17-15-25)41-26-12-7-6-8-13-26/h6-21,32,37H,1-5H3/b33-31+. The molecule has 0 saturated carbocycles. The van der Waals surface area contributed by atoms with Gasteiger partial charge < -0.3 is 14.6 Å². The molecule has 0 spiro atoms. The first-order chi connectivity index (χ1) is 19.7. The van der Waals surface area contributed by atoms with Gasteiger partial charge in [-0.1, -0.05) is 61.9 Å². The first-order valence-corrected chi connectivity index (χ1v) is 13.6. The van der Waals surface area contributed by atoms with E-state index in [9.17, 15) is 14.7 Å². The Labute approximate surface area is 240 Å². The van der Waals surface area contributed by atoms with Crippen molar-refractivity contribution < 1.29 is 24.2 Å². The first kappa shape index (κ1) is 27.7. The quantitative estimate of drug-likeness (QED) is 0.145. The summed E-state index contributed by atoms with van der Waals surface area (Å²) in [7, 11) is 1.61. The second-order valence-corrected chi connectivity index (χ2v) is 10.6. The summed E-state index contributed by atoms with van der Waals surface area (Å²) in [5.41, 5.74) is 4.40. The number of Topliss-reactive ketones (excluding diaryl/α,β-unsaturated/α-hetero) is 1. The number of anilines is 1. The molecule has 1 unspecified atom stereocenters. The van der Waals surface area contributed by atoms with Crippen LogP contribution in [-0.2, 0) is 9.59 Å². The normalized spacial score (nSPS) is 16.3. The summed E-state index contributed by atoms with van der Waals surface area (Å²) < 4.78 is 11.5. The van der Waals surface area contributed by atoms with Crippen molar-refractivity contribution in [3.8, 4) is 17.2 Å². The predicted molar refractivity (Wildman–Crippen MR) is 161 cm³/mol. The van der Waals surface area contributed by atoms with Gasteiger partial charge in [-0.05, 0) is 85.0 Å². The van der Waals surface area contributed by atoms with Crippen LogP contribution in [0.3, 0.4) is 0 Å². The molecule has 4 aromatic rings. The number of methoxy groups -OCH3 is 1. The Bertz CT molecular complexity index is 1640. The number of carbonyl (C=O) groups is 2. The van der Waals surface area contributed by atoms with Gasteiger partial charge in [0.1, 0.15) is 23.0 Å². The summed E-state index contributed by atoms with van der Waals surface area (Å²) in [5, 5.41) is 11.8. The van der Waals surface area contributed by atoms with E-state index in [0.29, 0.717) is 28.5 Å². The molecule has 1 N–H and O–H groups in total. The van der Waals surface area contributed by atoms with Gasteiger partial charge in [0.25, 0.3) is 11.7 Å². The van der Waals surface area contributed by atoms with E-state index in [0.717, 1.165) is 22.3 Å². The van der Waals surface area contributed by atoms with Crippen LogP contribution in [0.2, 0.25) is 0 Å². The minimum atomic E-state index is -0.820. The van der Waals surface area contributed by atoms with Crippen LogP contribution < -0.4 is 14.4 Å². The second-order valence-electron chi connectivity index (χ2n) is 10.6. The van der Waals surface area contributed by atoms with Crippen LogP contribution in [0.15, 0.2) is 96.6 Å². The molecular formula is C35H33NO5. The highest BCUT2D eigenvalue weighted by molar-refractivity contribution is 6.51. The smallest absolute Gasteiger partial charge is 0.300 e. The number of ether oxygens (including phenoxy) is 2. The maximum absolute atomic E-state index is 13.7. The van der Waals surface area contributed by atoms with Gasteiger partial charge >= 0.3 is 0 Å². The lowest BCUT2D eigenvalue weighted by atomic mass is 9.90. The molecule has 0 aliphatic carbocycles. The zero-order chi connectivity index (χ0) is 29.3. The van der Waals surface area contributed by atoms with Gasteiger partial charge in [-0.2, -0.15) is 0 Å². The zero-order valence-electron chi connectivity index (χ0n) is 23.8. The van der Waals surface area contributed by atoms with E-state index in [1.54, 1.807) is 31.4 Å². The maximum Gasteiger partial charge on any atom is 0.300 e. The van der Waals surface area contributed by atoms with Crippen molar-refractivity contribution in [1.29, 1.82) is 0 Å². The van der Waals surface area contributed by atoms with Gasteiger partial charge in [-0.3, -0.25) is 14.5 Å². The molecule has 1 amide bonds. The van der Waals surface area contributed by atoms with Crippen LogP contribution >= 0.6 is 0 Å². The third-order valence-electron chi connectivity index (χ3n) is 7.35. The summed E-state index contributed by atoms with van der Waals surface area (Å²) in [6.45, 7) is 7.88. The predicted octanol–water partition coefficient (Wildman–Crippen LogP) is 7.85. The number of benzene rings is 4. The topological polar surface area (TPSA) is 76.1 Å².